The van der Waals surface area contributed by atoms with Gasteiger partial charge in [-0.15, -0.1) is 0 Å². The first kappa shape index (κ1) is 22.4. The zero-order valence-electron chi connectivity index (χ0n) is 15.8. The normalized spacial score (nSPS) is 16.9. The highest BCUT2D eigenvalue weighted by Gasteiger charge is 2.26. The van der Waals surface area contributed by atoms with Crippen LogP contribution in [0, 0.1) is 0 Å². The summed E-state index contributed by atoms with van der Waals surface area (Å²) in [5, 5.41) is 0.752. The highest BCUT2D eigenvalue weighted by molar-refractivity contribution is 7.88. The number of amides is 1. The molecule has 0 saturated carbocycles. The van der Waals surface area contributed by atoms with Gasteiger partial charge in [-0.1, -0.05) is 29.3 Å². The molecule has 9 heteroatoms. The van der Waals surface area contributed by atoms with Crippen molar-refractivity contribution in [1.29, 1.82) is 0 Å². The lowest BCUT2D eigenvalue weighted by molar-refractivity contribution is -0.132. The largest absolute Gasteiger partial charge is 0.342 e. The van der Waals surface area contributed by atoms with Gasteiger partial charge in [0.25, 0.3) is 0 Å². The predicted molar refractivity (Wildman–Crippen MR) is 110 cm³/mol. The van der Waals surface area contributed by atoms with E-state index in [1.165, 1.54) is 4.31 Å². The van der Waals surface area contributed by atoms with Crippen LogP contribution in [0.2, 0.25) is 10.0 Å². The summed E-state index contributed by atoms with van der Waals surface area (Å²) in [7, 11) is -3.46. The minimum atomic E-state index is -3.46. The number of nitrogens with zero attached hydrogens (tertiary/aromatic N) is 3. The highest BCUT2D eigenvalue weighted by Crippen LogP contribution is 2.24. The molecule has 152 valence electrons. The fourth-order valence-corrected chi connectivity index (χ4v) is 5.05. The summed E-state index contributed by atoms with van der Waals surface area (Å²) in [6.07, 6.45) is 0.701. The molecule has 0 aliphatic carbocycles. The number of likely N-dealkylation sites (N-methyl/N-ethyl adjacent to an activating group) is 1. The quantitative estimate of drug-likeness (QED) is 0.660. The van der Waals surface area contributed by atoms with Crippen molar-refractivity contribution in [3.8, 4) is 0 Å². The summed E-state index contributed by atoms with van der Waals surface area (Å²) in [6, 6.07) is 4.88. The molecule has 1 aromatic rings. The molecule has 1 amide bonds. The number of hydrogen-bond donors (Lipinski definition) is 0. The number of carbonyl (C=O) groups excluding carboxylic acids is 1. The Balaban J connectivity index is 1.97. The molecule has 1 aromatic carbocycles. The Hall–Kier alpha value is -0.860. The van der Waals surface area contributed by atoms with Gasteiger partial charge in [-0.25, -0.2) is 12.7 Å². The van der Waals surface area contributed by atoms with E-state index in [-0.39, 0.29) is 11.7 Å². The molecule has 0 atom stereocenters. The van der Waals surface area contributed by atoms with Crippen LogP contribution in [0.5, 0.6) is 0 Å². The molecule has 0 radical (unpaired) electrons. The van der Waals surface area contributed by atoms with Gasteiger partial charge in [0.1, 0.15) is 0 Å². The summed E-state index contributed by atoms with van der Waals surface area (Å²) >= 11 is 11.9. The van der Waals surface area contributed by atoms with Gasteiger partial charge in [-0.3, -0.25) is 9.69 Å². The Kier molecular flexibility index (Phi) is 8.37. The third kappa shape index (κ3) is 6.32. The van der Waals surface area contributed by atoms with Crippen LogP contribution in [0.15, 0.2) is 18.2 Å². The molecule has 0 aromatic heterocycles. The van der Waals surface area contributed by atoms with E-state index in [1.807, 2.05) is 18.7 Å². The summed E-state index contributed by atoms with van der Waals surface area (Å²) in [5.41, 5.74) is 0.613. The first-order valence-corrected chi connectivity index (χ1v) is 11.5. The van der Waals surface area contributed by atoms with E-state index in [1.54, 1.807) is 23.1 Å². The van der Waals surface area contributed by atoms with Gasteiger partial charge in [-0.2, -0.15) is 0 Å². The number of halogens is 2. The smallest absolute Gasteiger partial charge is 0.236 e. The lowest BCUT2D eigenvalue weighted by atomic mass is 10.2. The number of carbonyl (C=O) groups is 1. The van der Waals surface area contributed by atoms with Crippen molar-refractivity contribution in [2.75, 3.05) is 45.8 Å². The summed E-state index contributed by atoms with van der Waals surface area (Å²) in [5.74, 6) is -0.0189. The van der Waals surface area contributed by atoms with E-state index < -0.39 is 10.0 Å². The van der Waals surface area contributed by atoms with Crippen LogP contribution in [-0.2, 0) is 20.6 Å². The van der Waals surface area contributed by atoms with Gasteiger partial charge in [0, 0.05) is 32.7 Å². The fraction of sp³-hybridized carbons (Fsp3) is 0.611. The van der Waals surface area contributed by atoms with Gasteiger partial charge in [0.05, 0.1) is 22.3 Å². The van der Waals surface area contributed by atoms with Gasteiger partial charge in [0.2, 0.25) is 15.9 Å². The van der Waals surface area contributed by atoms with Crippen molar-refractivity contribution in [1.82, 2.24) is 14.1 Å². The van der Waals surface area contributed by atoms with Gasteiger partial charge in [-0.05, 0) is 44.5 Å². The second-order valence-electron chi connectivity index (χ2n) is 6.60. The van der Waals surface area contributed by atoms with Crippen molar-refractivity contribution in [2.45, 2.75) is 26.0 Å². The van der Waals surface area contributed by atoms with Crippen molar-refractivity contribution < 1.29 is 13.2 Å². The molecule has 0 unspecified atom stereocenters. The standard InChI is InChI=1S/C18H27Cl2N3O3S/c1-3-22(4-2)18(24)13-21-8-5-9-23(11-10-21)27(25,26)14-15-6-7-16(19)17(20)12-15/h6-7,12H,3-5,8-11,13-14H2,1-2H3. The lowest BCUT2D eigenvalue weighted by Crippen LogP contribution is -2.42. The first-order chi connectivity index (χ1) is 12.8. The number of sulfonamides is 1. The van der Waals surface area contributed by atoms with E-state index in [4.69, 9.17) is 23.2 Å². The molecule has 2 rings (SSSR count). The van der Waals surface area contributed by atoms with Crippen molar-refractivity contribution in [3.05, 3.63) is 33.8 Å². The molecule has 0 spiro atoms. The lowest BCUT2D eigenvalue weighted by Gasteiger charge is -2.25. The fourth-order valence-electron chi connectivity index (χ4n) is 3.18. The Labute approximate surface area is 172 Å². The van der Waals surface area contributed by atoms with Gasteiger partial charge >= 0.3 is 0 Å². The summed E-state index contributed by atoms with van der Waals surface area (Å²) in [6.45, 7) is 7.74. The van der Waals surface area contributed by atoms with Crippen molar-refractivity contribution in [3.63, 3.8) is 0 Å². The monoisotopic (exact) mass is 435 g/mol. The van der Waals surface area contributed by atoms with Gasteiger partial charge < -0.3 is 4.90 Å². The molecule has 1 fully saturated rings. The molecule has 0 bridgehead atoms. The van der Waals surface area contributed by atoms with Crippen LogP contribution in [0.1, 0.15) is 25.8 Å². The average molecular weight is 436 g/mol. The second kappa shape index (κ2) is 10.1. The maximum atomic E-state index is 12.8. The van der Waals surface area contributed by atoms with E-state index in [0.717, 1.165) is 0 Å². The first-order valence-electron chi connectivity index (χ1n) is 9.18. The van der Waals surface area contributed by atoms with Crippen LogP contribution >= 0.6 is 23.2 Å². The van der Waals surface area contributed by atoms with E-state index in [0.29, 0.717) is 67.8 Å². The molecular formula is C18H27Cl2N3O3S. The Morgan fingerprint density at radius 1 is 1.07 bits per heavy atom. The molecular weight excluding hydrogens is 409 g/mol. The van der Waals surface area contributed by atoms with Crippen LogP contribution in [0.3, 0.4) is 0 Å². The number of hydrogen-bond acceptors (Lipinski definition) is 4. The van der Waals surface area contributed by atoms with Crippen LogP contribution in [-0.4, -0.2) is 74.2 Å². The maximum absolute atomic E-state index is 12.8. The van der Waals surface area contributed by atoms with Crippen LogP contribution in [0.4, 0.5) is 0 Å². The molecule has 1 aliphatic rings. The molecule has 1 saturated heterocycles. The zero-order chi connectivity index (χ0) is 20.0. The molecule has 1 aliphatic heterocycles. The molecule has 1 heterocycles. The van der Waals surface area contributed by atoms with Gasteiger partial charge in [0.15, 0.2) is 0 Å². The Morgan fingerprint density at radius 3 is 2.41 bits per heavy atom. The minimum Gasteiger partial charge on any atom is -0.342 e. The van der Waals surface area contributed by atoms with Crippen LogP contribution in [0.25, 0.3) is 0 Å². The Morgan fingerprint density at radius 2 is 1.78 bits per heavy atom. The molecule has 27 heavy (non-hydrogen) atoms. The molecule has 0 N–H and O–H groups in total. The van der Waals surface area contributed by atoms with E-state index in [2.05, 4.69) is 0 Å². The minimum absolute atomic E-state index is 0.0899. The molecule has 6 nitrogen and oxygen atoms in total. The number of benzene rings is 1. The summed E-state index contributed by atoms with van der Waals surface area (Å²) in [4.78, 5) is 16.1. The third-order valence-corrected chi connectivity index (χ3v) is 7.34. The maximum Gasteiger partial charge on any atom is 0.236 e. The van der Waals surface area contributed by atoms with E-state index >= 15 is 0 Å². The Bertz CT molecular complexity index is 754. The van der Waals surface area contributed by atoms with E-state index in [9.17, 15) is 13.2 Å². The zero-order valence-corrected chi connectivity index (χ0v) is 18.2. The third-order valence-electron chi connectivity index (χ3n) is 4.75. The number of rotatable bonds is 7. The predicted octanol–water partition coefficient (Wildman–Crippen LogP) is 2.70. The highest BCUT2D eigenvalue weighted by atomic mass is 35.5. The summed E-state index contributed by atoms with van der Waals surface area (Å²) < 4.78 is 27.1. The average Bonchev–Trinajstić information content (AvgIpc) is 2.85. The SMILES string of the molecule is CCN(CC)C(=O)CN1CCCN(S(=O)(=O)Cc2ccc(Cl)c(Cl)c2)CC1. The second-order valence-corrected chi connectivity index (χ2v) is 9.38. The topological polar surface area (TPSA) is 60.9 Å². The van der Waals surface area contributed by atoms with Crippen molar-refractivity contribution in [2.24, 2.45) is 0 Å². The van der Waals surface area contributed by atoms with Crippen molar-refractivity contribution >= 4 is 39.1 Å². The van der Waals surface area contributed by atoms with Crippen LogP contribution < -0.4 is 0 Å².